The summed E-state index contributed by atoms with van der Waals surface area (Å²) in [6.07, 6.45) is 0. The number of fused-ring (bicyclic) bond motifs is 1. The third kappa shape index (κ3) is 2.38. The molecule has 8 heteroatoms. The number of nitrogens with zero attached hydrogens (tertiary/aromatic N) is 2. The number of nitro groups is 1. The van der Waals surface area contributed by atoms with Crippen molar-refractivity contribution in [1.82, 2.24) is 9.97 Å². The van der Waals surface area contributed by atoms with Crippen molar-refractivity contribution in [3.05, 3.63) is 57.1 Å². The quantitative estimate of drug-likeness (QED) is 0.567. The van der Waals surface area contributed by atoms with Crippen molar-refractivity contribution < 1.29 is 14.8 Å². The minimum atomic E-state index is -1.04. The van der Waals surface area contributed by atoms with Gasteiger partial charge in [0.1, 0.15) is 10.8 Å². The van der Waals surface area contributed by atoms with Gasteiger partial charge in [0, 0.05) is 11.6 Å². The van der Waals surface area contributed by atoms with Crippen LogP contribution in [0, 0.1) is 10.1 Å². The van der Waals surface area contributed by atoms with Crippen LogP contribution >= 0.6 is 11.6 Å². The van der Waals surface area contributed by atoms with Crippen LogP contribution in [0.25, 0.3) is 22.4 Å². The highest BCUT2D eigenvalue weighted by molar-refractivity contribution is 6.33. The maximum Gasteiger partial charge on any atom is 0.335 e. The Morgan fingerprint density at radius 1 is 1.32 bits per heavy atom. The molecule has 0 aliphatic heterocycles. The lowest BCUT2D eigenvalue weighted by Gasteiger charge is -1.98. The summed E-state index contributed by atoms with van der Waals surface area (Å²) in [5.41, 5.74) is 1.39. The summed E-state index contributed by atoms with van der Waals surface area (Å²) in [5, 5.41) is 19.9. The maximum absolute atomic E-state index is 11.0. The first kappa shape index (κ1) is 14.0. The summed E-state index contributed by atoms with van der Waals surface area (Å²) in [4.78, 5) is 28.5. The highest BCUT2D eigenvalue weighted by Crippen LogP contribution is 2.30. The van der Waals surface area contributed by atoms with Crippen LogP contribution in [0.3, 0.4) is 0 Å². The summed E-state index contributed by atoms with van der Waals surface area (Å²) in [6.45, 7) is 0. The minimum Gasteiger partial charge on any atom is -0.478 e. The predicted octanol–water partition coefficient (Wildman–Crippen LogP) is 3.49. The highest BCUT2D eigenvalue weighted by Gasteiger charge is 2.16. The molecular formula is C14H8ClN3O4. The first-order chi connectivity index (χ1) is 10.5. The molecule has 0 fully saturated rings. The fraction of sp³-hybridized carbons (Fsp3) is 0. The monoisotopic (exact) mass is 317 g/mol. The Morgan fingerprint density at radius 3 is 2.77 bits per heavy atom. The van der Waals surface area contributed by atoms with E-state index in [1.165, 1.54) is 24.3 Å². The molecule has 1 heterocycles. The standard InChI is InChI=1S/C14H8ClN3O4/c15-9-5-10-11(6-12(9)18(21)22)17-13(16-10)7-2-1-3-8(4-7)14(19)20/h1-6H,(H,16,17)(H,19,20). The number of hydrogen-bond donors (Lipinski definition) is 2. The number of rotatable bonds is 3. The maximum atomic E-state index is 11.0. The van der Waals surface area contributed by atoms with Crippen molar-refractivity contribution in [3.63, 3.8) is 0 Å². The molecule has 3 aromatic rings. The number of carboxylic acid groups (broad SMARTS) is 1. The van der Waals surface area contributed by atoms with Crippen LogP contribution in [0.2, 0.25) is 5.02 Å². The number of halogens is 1. The zero-order chi connectivity index (χ0) is 15.9. The van der Waals surface area contributed by atoms with Gasteiger partial charge in [-0.15, -0.1) is 0 Å². The fourth-order valence-electron chi connectivity index (χ4n) is 2.10. The van der Waals surface area contributed by atoms with Crippen LogP contribution < -0.4 is 0 Å². The molecule has 0 amide bonds. The molecule has 0 radical (unpaired) electrons. The minimum absolute atomic E-state index is 0.00478. The number of aromatic carboxylic acids is 1. The van der Waals surface area contributed by atoms with Crippen molar-refractivity contribution in [2.45, 2.75) is 0 Å². The van der Waals surface area contributed by atoms with Crippen LogP contribution in [0.15, 0.2) is 36.4 Å². The normalized spacial score (nSPS) is 10.8. The number of carbonyl (C=O) groups is 1. The van der Waals surface area contributed by atoms with E-state index >= 15 is 0 Å². The highest BCUT2D eigenvalue weighted by atomic mass is 35.5. The molecule has 0 bridgehead atoms. The summed E-state index contributed by atoms with van der Waals surface area (Å²) >= 11 is 5.85. The Labute approximate surface area is 128 Å². The number of nitro benzene ring substituents is 1. The number of H-pyrrole nitrogens is 1. The second kappa shape index (κ2) is 5.12. The topological polar surface area (TPSA) is 109 Å². The van der Waals surface area contributed by atoms with E-state index in [4.69, 9.17) is 16.7 Å². The average molecular weight is 318 g/mol. The number of imidazole rings is 1. The zero-order valence-corrected chi connectivity index (χ0v) is 11.7. The van der Waals surface area contributed by atoms with Gasteiger partial charge in [0.2, 0.25) is 0 Å². The van der Waals surface area contributed by atoms with Gasteiger partial charge >= 0.3 is 5.97 Å². The van der Waals surface area contributed by atoms with Crippen molar-refractivity contribution in [3.8, 4) is 11.4 Å². The lowest BCUT2D eigenvalue weighted by atomic mass is 10.1. The van der Waals surface area contributed by atoms with Crippen LogP contribution in [-0.2, 0) is 0 Å². The zero-order valence-electron chi connectivity index (χ0n) is 10.9. The van der Waals surface area contributed by atoms with Crippen molar-refractivity contribution >= 4 is 34.3 Å². The van der Waals surface area contributed by atoms with Gasteiger partial charge in [0.15, 0.2) is 0 Å². The molecule has 7 nitrogen and oxygen atoms in total. The second-order valence-electron chi connectivity index (χ2n) is 4.55. The van der Waals surface area contributed by atoms with Crippen LogP contribution in [0.4, 0.5) is 5.69 Å². The molecule has 3 rings (SSSR count). The van der Waals surface area contributed by atoms with Gasteiger partial charge in [-0.25, -0.2) is 9.78 Å². The number of nitrogens with one attached hydrogen (secondary N) is 1. The smallest absolute Gasteiger partial charge is 0.335 e. The van der Waals surface area contributed by atoms with E-state index in [-0.39, 0.29) is 16.3 Å². The molecule has 0 saturated carbocycles. The van der Waals surface area contributed by atoms with Crippen molar-refractivity contribution in [1.29, 1.82) is 0 Å². The molecule has 2 N–H and O–H groups in total. The van der Waals surface area contributed by atoms with Gasteiger partial charge in [-0.05, 0) is 18.2 Å². The first-order valence-electron chi connectivity index (χ1n) is 6.13. The fourth-order valence-corrected chi connectivity index (χ4v) is 2.32. The molecule has 22 heavy (non-hydrogen) atoms. The summed E-state index contributed by atoms with van der Waals surface area (Å²) in [7, 11) is 0. The summed E-state index contributed by atoms with van der Waals surface area (Å²) in [6, 6.07) is 8.93. The molecule has 0 aliphatic carbocycles. The second-order valence-corrected chi connectivity index (χ2v) is 4.96. The summed E-state index contributed by atoms with van der Waals surface area (Å²) in [5.74, 6) is -0.633. The van der Waals surface area contributed by atoms with E-state index in [1.54, 1.807) is 12.1 Å². The molecule has 1 aromatic heterocycles. The number of aromatic nitrogens is 2. The number of carboxylic acids is 1. The van der Waals surface area contributed by atoms with Crippen LogP contribution in [0.5, 0.6) is 0 Å². The molecule has 2 aromatic carbocycles. The Hall–Kier alpha value is -2.93. The largest absolute Gasteiger partial charge is 0.478 e. The number of benzene rings is 2. The summed E-state index contributed by atoms with van der Waals surface area (Å²) < 4.78 is 0. The van der Waals surface area contributed by atoms with Crippen LogP contribution in [0.1, 0.15) is 10.4 Å². The van der Waals surface area contributed by atoms with Gasteiger partial charge in [-0.3, -0.25) is 10.1 Å². The average Bonchev–Trinajstić information content (AvgIpc) is 2.89. The number of aromatic amines is 1. The van der Waals surface area contributed by atoms with Gasteiger partial charge in [0.05, 0.1) is 21.5 Å². The van der Waals surface area contributed by atoms with E-state index in [1.807, 2.05) is 0 Å². The Kier molecular flexibility index (Phi) is 3.26. The molecule has 0 unspecified atom stereocenters. The SMILES string of the molecule is O=C(O)c1cccc(-c2nc3cc(Cl)c([N+](=O)[O-])cc3[nH]2)c1. The molecule has 0 aliphatic rings. The van der Waals surface area contributed by atoms with E-state index in [2.05, 4.69) is 9.97 Å². The third-order valence-electron chi connectivity index (χ3n) is 3.13. The number of hydrogen-bond acceptors (Lipinski definition) is 4. The van der Waals surface area contributed by atoms with Crippen molar-refractivity contribution in [2.75, 3.05) is 0 Å². The van der Waals surface area contributed by atoms with E-state index in [0.29, 0.717) is 22.4 Å². The Balaban J connectivity index is 2.14. The van der Waals surface area contributed by atoms with Gasteiger partial charge in [0.25, 0.3) is 5.69 Å². The molecule has 0 spiro atoms. The molecule has 110 valence electrons. The van der Waals surface area contributed by atoms with Crippen LogP contribution in [-0.4, -0.2) is 26.0 Å². The van der Waals surface area contributed by atoms with E-state index in [0.717, 1.165) is 0 Å². The van der Waals surface area contributed by atoms with Gasteiger partial charge in [-0.1, -0.05) is 23.7 Å². The van der Waals surface area contributed by atoms with Gasteiger partial charge in [-0.2, -0.15) is 0 Å². The van der Waals surface area contributed by atoms with Crippen molar-refractivity contribution in [2.24, 2.45) is 0 Å². The predicted molar refractivity (Wildman–Crippen MR) is 80.2 cm³/mol. The van der Waals surface area contributed by atoms with Gasteiger partial charge < -0.3 is 10.1 Å². The first-order valence-corrected chi connectivity index (χ1v) is 6.51. The van der Waals surface area contributed by atoms with E-state index < -0.39 is 10.9 Å². The van der Waals surface area contributed by atoms with E-state index in [9.17, 15) is 14.9 Å². The molecule has 0 atom stereocenters. The lowest BCUT2D eigenvalue weighted by molar-refractivity contribution is -0.384. The Bertz CT molecular complexity index is 920. The Morgan fingerprint density at radius 2 is 2.09 bits per heavy atom. The molecule has 0 saturated heterocycles. The third-order valence-corrected chi connectivity index (χ3v) is 3.43. The lowest BCUT2D eigenvalue weighted by Crippen LogP contribution is -1.95. The molecular weight excluding hydrogens is 310 g/mol.